The summed E-state index contributed by atoms with van der Waals surface area (Å²) in [4.78, 5) is 2.46. The fraction of sp³-hybridized carbons (Fsp3) is 0.667. The fourth-order valence-electron chi connectivity index (χ4n) is 4.25. The van der Waals surface area contributed by atoms with Crippen LogP contribution in [0, 0.1) is 5.92 Å². The molecule has 0 aromatic heterocycles. The van der Waals surface area contributed by atoms with Crippen molar-refractivity contribution in [1.29, 1.82) is 0 Å². The van der Waals surface area contributed by atoms with E-state index >= 15 is 0 Å². The highest BCUT2D eigenvalue weighted by molar-refractivity contribution is 5.45. The maximum atomic E-state index is 10.6. The molecule has 2 atom stereocenters. The molecule has 0 unspecified atom stereocenters. The Labute approximate surface area is 132 Å². The van der Waals surface area contributed by atoms with E-state index in [0.29, 0.717) is 6.79 Å². The quantitative estimate of drug-likeness (QED) is 0.932. The topological polar surface area (TPSA) is 41.9 Å². The van der Waals surface area contributed by atoms with Crippen LogP contribution in [-0.2, 0) is 0 Å². The van der Waals surface area contributed by atoms with Gasteiger partial charge in [-0.2, -0.15) is 0 Å². The van der Waals surface area contributed by atoms with E-state index in [9.17, 15) is 5.11 Å². The number of aliphatic hydroxyl groups is 1. The van der Waals surface area contributed by atoms with Crippen molar-refractivity contribution in [3.63, 3.8) is 0 Å². The Morgan fingerprint density at radius 1 is 1.09 bits per heavy atom. The van der Waals surface area contributed by atoms with Crippen molar-refractivity contribution in [1.82, 2.24) is 4.90 Å². The summed E-state index contributed by atoms with van der Waals surface area (Å²) < 4.78 is 10.8. The Balaban J connectivity index is 1.40. The van der Waals surface area contributed by atoms with Crippen molar-refractivity contribution >= 4 is 0 Å². The van der Waals surface area contributed by atoms with Crippen molar-refractivity contribution in [3.05, 3.63) is 23.8 Å². The summed E-state index contributed by atoms with van der Waals surface area (Å²) >= 11 is 0. The molecule has 22 heavy (non-hydrogen) atoms. The molecule has 0 spiro atoms. The third-order valence-corrected chi connectivity index (χ3v) is 5.48. The maximum absolute atomic E-state index is 10.6. The molecule has 4 nitrogen and oxygen atoms in total. The van der Waals surface area contributed by atoms with E-state index in [1.807, 2.05) is 12.1 Å². The smallest absolute Gasteiger partial charge is 0.231 e. The number of nitrogens with zero attached hydrogens (tertiary/aromatic N) is 1. The van der Waals surface area contributed by atoms with Crippen molar-refractivity contribution in [2.24, 2.45) is 5.92 Å². The second-order valence-electron chi connectivity index (χ2n) is 6.99. The lowest BCUT2D eigenvalue weighted by molar-refractivity contribution is 0.0442. The Bertz CT molecular complexity index is 527. The maximum Gasteiger partial charge on any atom is 0.231 e. The SMILES string of the molecule is O[C@@H]1CN(CC2CCCC2)CC[C@H]1c1ccc2c(c1)OCO2. The number of fused-ring (bicyclic) bond motifs is 1. The molecule has 3 aliphatic rings. The molecular formula is C18H25NO3. The Morgan fingerprint density at radius 2 is 1.91 bits per heavy atom. The number of ether oxygens (including phenoxy) is 2. The van der Waals surface area contributed by atoms with E-state index in [1.165, 1.54) is 37.8 Å². The lowest BCUT2D eigenvalue weighted by Crippen LogP contribution is -2.44. The van der Waals surface area contributed by atoms with Crippen molar-refractivity contribution in [2.75, 3.05) is 26.4 Å². The third-order valence-electron chi connectivity index (χ3n) is 5.48. The van der Waals surface area contributed by atoms with E-state index in [2.05, 4.69) is 11.0 Å². The minimum Gasteiger partial charge on any atom is -0.454 e. The molecule has 0 radical (unpaired) electrons. The van der Waals surface area contributed by atoms with Crippen LogP contribution in [0.3, 0.4) is 0 Å². The van der Waals surface area contributed by atoms with E-state index in [1.54, 1.807) is 0 Å². The molecule has 120 valence electrons. The first-order valence-electron chi connectivity index (χ1n) is 8.59. The zero-order chi connectivity index (χ0) is 14.9. The van der Waals surface area contributed by atoms with Crippen LogP contribution >= 0.6 is 0 Å². The molecule has 1 aromatic carbocycles. The summed E-state index contributed by atoms with van der Waals surface area (Å²) in [6.07, 6.45) is 6.27. The van der Waals surface area contributed by atoms with E-state index in [-0.39, 0.29) is 12.0 Å². The molecule has 2 fully saturated rings. The molecular weight excluding hydrogens is 278 g/mol. The summed E-state index contributed by atoms with van der Waals surface area (Å²) in [6, 6.07) is 6.09. The second-order valence-corrected chi connectivity index (χ2v) is 6.99. The molecule has 1 saturated carbocycles. The summed E-state index contributed by atoms with van der Waals surface area (Å²) in [5.74, 6) is 2.71. The highest BCUT2D eigenvalue weighted by Crippen LogP contribution is 2.38. The van der Waals surface area contributed by atoms with Crippen LogP contribution < -0.4 is 9.47 Å². The van der Waals surface area contributed by atoms with Crippen LogP contribution in [0.1, 0.15) is 43.6 Å². The number of aliphatic hydroxyl groups excluding tert-OH is 1. The summed E-state index contributed by atoms with van der Waals surface area (Å²) in [6.45, 7) is 3.37. The van der Waals surface area contributed by atoms with Gasteiger partial charge in [0.05, 0.1) is 6.10 Å². The van der Waals surface area contributed by atoms with Gasteiger partial charge in [0, 0.05) is 19.0 Å². The standard InChI is InChI=1S/C18H25NO3/c20-16-11-19(10-13-3-1-2-4-13)8-7-15(16)14-5-6-17-18(9-14)22-12-21-17/h5-6,9,13,15-16,20H,1-4,7-8,10-12H2/t15-,16+/m0/s1. The molecule has 2 heterocycles. The van der Waals surface area contributed by atoms with Crippen molar-refractivity contribution < 1.29 is 14.6 Å². The highest BCUT2D eigenvalue weighted by Gasteiger charge is 2.31. The second kappa shape index (κ2) is 6.09. The zero-order valence-electron chi connectivity index (χ0n) is 13.0. The van der Waals surface area contributed by atoms with Gasteiger partial charge >= 0.3 is 0 Å². The zero-order valence-corrected chi connectivity index (χ0v) is 13.0. The predicted molar refractivity (Wildman–Crippen MR) is 84.3 cm³/mol. The van der Waals surface area contributed by atoms with Gasteiger partial charge in [0.25, 0.3) is 0 Å². The van der Waals surface area contributed by atoms with Gasteiger partial charge in [-0.15, -0.1) is 0 Å². The lowest BCUT2D eigenvalue weighted by atomic mass is 9.86. The molecule has 0 bridgehead atoms. The largest absolute Gasteiger partial charge is 0.454 e. The van der Waals surface area contributed by atoms with Crippen LogP contribution in [-0.4, -0.2) is 42.5 Å². The van der Waals surface area contributed by atoms with Gasteiger partial charge in [-0.1, -0.05) is 18.9 Å². The Hall–Kier alpha value is -1.26. The summed E-state index contributed by atoms with van der Waals surface area (Å²) in [5.41, 5.74) is 1.18. The van der Waals surface area contributed by atoms with Gasteiger partial charge in [-0.3, -0.25) is 0 Å². The number of rotatable bonds is 3. The van der Waals surface area contributed by atoms with E-state index in [0.717, 1.165) is 36.9 Å². The van der Waals surface area contributed by atoms with Crippen molar-refractivity contribution in [2.45, 2.75) is 44.1 Å². The van der Waals surface area contributed by atoms with Gasteiger partial charge in [0.2, 0.25) is 6.79 Å². The average molecular weight is 303 g/mol. The first-order valence-corrected chi connectivity index (χ1v) is 8.59. The molecule has 1 saturated heterocycles. The van der Waals surface area contributed by atoms with Gasteiger partial charge in [-0.25, -0.2) is 0 Å². The number of likely N-dealkylation sites (tertiary alicyclic amines) is 1. The van der Waals surface area contributed by atoms with Gasteiger partial charge < -0.3 is 19.5 Å². The van der Waals surface area contributed by atoms with Gasteiger partial charge in [-0.05, 0) is 49.4 Å². The normalized spacial score (nSPS) is 29.1. The van der Waals surface area contributed by atoms with Gasteiger partial charge in [0.1, 0.15) is 0 Å². The van der Waals surface area contributed by atoms with Crippen molar-refractivity contribution in [3.8, 4) is 11.5 Å². The molecule has 0 amide bonds. The Kier molecular flexibility index (Phi) is 3.97. The number of hydrogen-bond donors (Lipinski definition) is 1. The molecule has 1 aromatic rings. The highest BCUT2D eigenvalue weighted by atomic mass is 16.7. The van der Waals surface area contributed by atoms with Crippen LogP contribution in [0.5, 0.6) is 11.5 Å². The molecule has 1 N–H and O–H groups in total. The molecule has 4 rings (SSSR count). The predicted octanol–water partition coefficient (Wildman–Crippen LogP) is 2.76. The summed E-state index contributed by atoms with van der Waals surface area (Å²) in [5, 5.41) is 10.6. The molecule has 4 heteroatoms. The average Bonchev–Trinajstić information content (AvgIpc) is 3.17. The number of piperidine rings is 1. The van der Waals surface area contributed by atoms with Crippen LogP contribution in [0.25, 0.3) is 0 Å². The molecule has 1 aliphatic carbocycles. The minimum atomic E-state index is -0.282. The van der Waals surface area contributed by atoms with Crippen LogP contribution in [0.4, 0.5) is 0 Å². The number of hydrogen-bond acceptors (Lipinski definition) is 4. The lowest BCUT2D eigenvalue weighted by Gasteiger charge is -2.37. The first-order chi connectivity index (χ1) is 10.8. The van der Waals surface area contributed by atoms with E-state index < -0.39 is 0 Å². The summed E-state index contributed by atoms with van der Waals surface area (Å²) in [7, 11) is 0. The Morgan fingerprint density at radius 3 is 2.73 bits per heavy atom. The number of benzene rings is 1. The van der Waals surface area contributed by atoms with Crippen LogP contribution in [0.2, 0.25) is 0 Å². The van der Waals surface area contributed by atoms with E-state index in [4.69, 9.17) is 9.47 Å². The molecule has 2 aliphatic heterocycles. The number of β-amino-alcohol motifs (C(OH)–C–C–N with tert-alkyl or cyclic N) is 1. The fourth-order valence-corrected chi connectivity index (χ4v) is 4.25. The van der Waals surface area contributed by atoms with Gasteiger partial charge in [0.15, 0.2) is 11.5 Å². The van der Waals surface area contributed by atoms with Crippen LogP contribution in [0.15, 0.2) is 18.2 Å². The monoisotopic (exact) mass is 303 g/mol. The first kappa shape index (κ1) is 14.3. The minimum absolute atomic E-state index is 0.217. The third kappa shape index (κ3) is 2.82.